The van der Waals surface area contributed by atoms with Gasteiger partial charge in [-0.3, -0.25) is 9.59 Å². The SMILES string of the molecule is N#C[C@@H]1CCCN1C(=O)CNC12CCC(C(N)=O)(CC1)CC2. The molecule has 0 aromatic rings. The second kappa shape index (κ2) is 5.54. The number of nitrogens with two attached hydrogens (primary N) is 1. The van der Waals surface area contributed by atoms with Crippen molar-refractivity contribution in [2.75, 3.05) is 13.1 Å². The van der Waals surface area contributed by atoms with Gasteiger partial charge in [-0.15, -0.1) is 0 Å². The molecule has 4 aliphatic rings. The summed E-state index contributed by atoms with van der Waals surface area (Å²) in [5.74, 6) is -0.137. The molecule has 3 N–H and O–H groups in total. The minimum atomic E-state index is -0.297. The predicted octanol–water partition coefficient (Wildman–Crippen LogP) is 0.669. The number of fused-ring (bicyclic) bond motifs is 3. The van der Waals surface area contributed by atoms with Gasteiger partial charge in [0.15, 0.2) is 0 Å². The maximum absolute atomic E-state index is 12.3. The van der Waals surface area contributed by atoms with E-state index in [0.29, 0.717) is 13.1 Å². The predicted molar refractivity (Wildman–Crippen MR) is 80.4 cm³/mol. The third-order valence-electron chi connectivity index (χ3n) is 6.11. The summed E-state index contributed by atoms with van der Waals surface area (Å²) in [5.41, 5.74) is 5.25. The van der Waals surface area contributed by atoms with E-state index < -0.39 is 0 Å². The van der Waals surface area contributed by atoms with E-state index in [0.717, 1.165) is 51.4 Å². The summed E-state index contributed by atoms with van der Waals surface area (Å²) in [6.45, 7) is 0.984. The lowest BCUT2D eigenvalue weighted by Crippen LogP contribution is -2.59. The molecule has 0 aromatic heterocycles. The zero-order valence-electron chi connectivity index (χ0n) is 12.9. The van der Waals surface area contributed by atoms with E-state index in [1.54, 1.807) is 4.90 Å². The van der Waals surface area contributed by atoms with Crippen molar-refractivity contribution in [1.29, 1.82) is 5.26 Å². The monoisotopic (exact) mass is 304 g/mol. The Kier molecular flexibility index (Phi) is 3.85. The van der Waals surface area contributed by atoms with Crippen molar-refractivity contribution in [3.05, 3.63) is 0 Å². The molecule has 120 valence electrons. The first-order chi connectivity index (χ1) is 10.5. The topological polar surface area (TPSA) is 99.2 Å². The molecule has 3 saturated carbocycles. The molecule has 22 heavy (non-hydrogen) atoms. The normalized spacial score (nSPS) is 37.0. The van der Waals surface area contributed by atoms with Gasteiger partial charge >= 0.3 is 0 Å². The Morgan fingerprint density at radius 1 is 1.23 bits per heavy atom. The van der Waals surface area contributed by atoms with Crippen molar-refractivity contribution in [2.45, 2.75) is 62.9 Å². The smallest absolute Gasteiger partial charge is 0.237 e. The van der Waals surface area contributed by atoms with E-state index in [1.807, 2.05) is 0 Å². The maximum atomic E-state index is 12.3. The lowest BCUT2D eigenvalue weighted by molar-refractivity contribution is -0.136. The van der Waals surface area contributed by atoms with E-state index >= 15 is 0 Å². The highest BCUT2D eigenvalue weighted by Gasteiger charge is 2.51. The van der Waals surface area contributed by atoms with Gasteiger partial charge in [-0.25, -0.2) is 0 Å². The molecule has 1 atom stereocenters. The highest BCUT2D eigenvalue weighted by atomic mass is 16.2. The van der Waals surface area contributed by atoms with E-state index in [2.05, 4.69) is 11.4 Å². The fourth-order valence-electron chi connectivity index (χ4n) is 4.38. The molecule has 0 unspecified atom stereocenters. The number of rotatable bonds is 4. The number of nitriles is 1. The molecule has 2 bridgehead atoms. The zero-order chi connectivity index (χ0) is 15.8. The summed E-state index contributed by atoms with van der Waals surface area (Å²) in [4.78, 5) is 25.7. The van der Waals surface area contributed by atoms with E-state index in [1.165, 1.54) is 0 Å². The minimum Gasteiger partial charge on any atom is -0.369 e. The fraction of sp³-hybridized carbons (Fsp3) is 0.812. The van der Waals surface area contributed by atoms with Crippen LogP contribution in [0.5, 0.6) is 0 Å². The van der Waals surface area contributed by atoms with Crippen LogP contribution >= 0.6 is 0 Å². The van der Waals surface area contributed by atoms with Crippen molar-refractivity contribution in [3.8, 4) is 6.07 Å². The summed E-state index contributed by atoms with van der Waals surface area (Å²) in [7, 11) is 0. The van der Waals surface area contributed by atoms with Crippen LogP contribution in [0.2, 0.25) is 0 Å². The van der Waals surface area contributed by atoms with Crippen molar-refractivity contribution >= 4 is 11.8 Å². The average molecular weight is 304 g/mol. The van der Waals surface area contributed by atoms with Gasteiger partial charge in [0.25, 0.3) is 0 Å². The number of hydrogen-bond donors (Lipinski definition) is 2. The molecular formula is C16H24N4O2. The van der Waals surface area contributed by atoms with Crippen LogP contribution in [0.1, 0.15) is 51.4 Å². The summed E-state index contributed by atoms with van der Waals surface area (Å²) >= 11 is 0. The molecule has 0 aromatic carbocycles. The Bertz CT molecular complexity index is 500. The first-order valence-electron chi connectivity index (χ1n) is 8.24. The van der Waals surface area contributed by atoms with Gasteiger partial charge in [0.1, 0.15) is 6.04 Å². The second-order valence-corrected chi connectivity index (χ2v) is 7.15. The Labute approximate surface area is 131 Å². The standard InChI is InChI=1S/C16H24N4O2/c17-10-12-2-1-9-20(12)13(21)11-19-16-6-3-15(4-7-16,5-8-16)14(18)22/h12,19H,1-9,11H2,(H2,18,22)/t12-,15?,16?/m0/s1. The Morgan fingerprint density at radius 2 is 1.86 bits per heavy atom. The van der Waals surface area contributed by atoms with Crippen molar-refractivity contribution in [3.63, 3.8) is 0 Å². The average Bonchev–Trinajstić information content (AvgIpc) is 3.03. The number of carbonyl (C=O) groups excluding carboxylic acids is 2. The van der Waals surface area contributed by atoms with E-state index in [-0.39, 0.29) is 28.8 Å². The largest absolute Gasteiger partial charge is 0.369 e. The van der Waals surface area contributed by atoms with Gasteiger partial charge < -0.3 is 16.0 Å². The molecule has 6 heteroatoms. The zero-order valence-corrected chi connectivity index (χ0v) is 12.9. The maximum Gasteiger partial charge on any atom is 0.237 e. The molecule has 1 saturated heterocycles. The van der Waals surface area contributed by atoms with Crippen molar-refractivity contribution in [2.24, 2.45) is 11.1 Å². The molecule has 3 aliphatic carbocycles. The van der Waals surface area contributed by atoms with E-state index in [9.17, 15) is 9.59 Å². The molecule has 1 aliphatic heterocycles. The highest BCUT2D eigenvalue weighted by Crippen LogP contribution is 2.52. The number of nitrogens with zero attached hydrogens (tertiary/aromatic N) is 2. The second-order valence-electron chi connectivity index (χ2n) is 7.15. The van der Waals surface area contributed by atoms with Crippen LogP contribution in [0.15, 0.2) is 0 Å². The number of carbonyl (C=O) groups is 2. The van der Waals surface area contributed by atoms with Crippen LogP contribution < -0.4 is 11.1 Å². The number of likely N-dealkylation sites (tertiary alicyclic amines) is 1. The van der Waals surface area contributed by atoms with Crippen LogP contribution in [0.4, 0.5) is 0 Å². The molecule has 0 radical (unpaired) electrons. The van der Waals surface area contributed by atoms with Crippen LogP contribution in [0.3, 0.4) is 0 Å². The lowest BCUT2D eigenvalue weighted by atomic mass is 9.57. The Balaban J connectivity index is 1.56. The van der Waals surface area contributed by atoms with Crippen LogP contribution in [0, 0.1) is 16.7 Å². The Hall–Kier alpha value is -1.61. The number of primary amides is 1. The molecule has 6 nitrogen and oxygen atoms in total. The van der Waals surface area contributed by atoms with Gasteiger partial charge in [0.05, 0.1) is 12.6 Å². The third-order valence-corrected chi connectivity index (χ3v) is 6.11. The first-order valence-corrected chi connectivity index (χ1v) is 8.24. The van der Waals surface area contributed by atoms with Crippen molar-refractivity contribution in [1.82, 2.24) is 10.2 Å². The summed E-state index contributed by atoms with van der Waals surface area (Å²) in [6.07, 6.45) is 6.90. The van der Waals surface area contributed by atoms with E-state index in [4.69, 9.17) is 11.0 Å². The quantitative estimate of drug-likeness (QED) is 0.797. The fourth-order valence-corrected chi connectivity index (χ4v) is 4.38. The molecule has 1 heterocycles. The Morgan fingerprint density at radius 3 is 2.41 bits per heavy atom. The van der Waals surface area contributed by atoms with Gasteiger partial charge in [0.2, 0.25) is 11.8 Å². The highest BCUT2D eigenvalue weighted by molar-refractivity contribution is 5.81. The third kappa shape index (κ3) is 2.48. The summed E-state index contributed by atoms with van der Waals surface area (Å²) in [5, 5.41) is 12.5. The van der Waals surface area contributed by atoms with Crippen LogP contribution in [-0.4, -0.2) is 41.4 Å². The number of amides is 2. The summed E-state index contributed by atoms with van der Waals surface area (Å²) in [6, 6.07) is 1.95. The lowest BCUT2D eigenvalue weighted by Gasteiger charge is -2.52. The van der Waals surface area contributed by atoms with Crippen LogP contribution in [0.25, 0.3) is 0 Å². The van der Waals surface area contributed by atoms with Gasteiger partial charge in [0, 0.05) is 17.5 Å². The molecule has 4 fully saturated rings. The van der Waals surface area contributed by atoms with Crippen molar-refractivity contribution < 1.29 is 9.59 Å². The molecule has 4 rings (SSSR count). The molecule has 0 spiro atoms. The molecular weight excluding hydrogens is 280 g/mol. The van der Waals surface area contributed by atoms with Gasteiger partial charge in [-0.05, 0) is 51.4 Å². The minimum absolute atomic E-state index is 0.0191. The molecule has 2 amide bonds. The van der Waals surface area contributed by atoms with Gasteiger partial charge in [-0.2, -0.15) is 5.26 Å². The van der Waals surface area contributed by atoms with Gasteiger partial charge in [-0.1, -0.05) is 0 Å². The first kappa shape index (κ1) is 15.3. The number of hydrogen-bond acceptors (Lipinski definition) is 4. The number of nitrogens with one attached hydrogen (secondary N) is 1. The van der Waals surface area contributed by atoms with Crippen LogP contribution in [-0.2, 0) is 9.59 Å². The summed E-state index contributed by atoms with van der Waals surface area (Å²) < 4.78 is 0.